The van der Waals surface area contributed by atoms with Gasteiger partial charge in [-0.05, 0) is 5.56 Å². The molecule has 0 aliphatic carbocycles. The van der Waals surface area contributed by atoms with E-state index >= 15 is 0 Å². The molecule has 1 aromatic heterocycles. The fourth-order valence-electron chi connectivity index (χ4n) is 2.22. The summed E-state index contributed by atoms with van der Waals surface area (Å²) in [6.07, 6.45) is 0. The molecule has 5 heteroatoms. The summed E-state index contributed by atoms with van der Waals surface area (Å²) in [7, 11) is 1.66. The predicted octanol–water partition coefficient (Wildman–Crippen LogP) is 2.33. The van der Waals surface area contributed by atoms with Gasteiger partial charge in [0.2, 0.25) is 0 Å². The number of benzene rings is 1. The summed E-state index contributed by atoms with van der Waals surface area (Å²) >= 11 is 1.73. The Labute approximate surface area is 115 Å². The van der Waals surface area contributed by atoms with E-state index in [2.05, 4.69) is 9.97 Å². The Morgan fingerprint density at radius 3 is 3.05 bits per heavy atom. The number of nitrogens with one attached hydrogen (secondary N) is 1. The first-order chi connectivity index (χ1) is 9.29. The number of methoxy groups -OCH3 is 1. The monoisotopic (exact) mass is 274 g/mol. The average Bonchev–Trinajstić information content (AvgIpc) is 2.88. The lowest BCUT2D eigenvalue weighted by Crippen LogP contribution is -2.15. The molecule has 0 bridgehead atoms. The Bertz CT molecular complexity index is 667. The lowest BCUT2D eigenvalue weighted by Gasteiger charge is -2.09. The number of aromatic nitrogens is 2. The van der Waals surface area contributed by atoms with Crippen molar-refractivity contribution in [3.63, 3.8) is 0 Å². The van der Waals surface area contributed by atoms with Gasteiger partial charge in [-0.15, -0.1) is 0 Å². The Balaban J connectivity index is 2.13. The third kappa shape index (κ3) is 2.31. The second kappa shape index (κ2) is 5.19. The molecular formula is C14H14N2O2S. The topological polar surface area (TPSA) is 55.0 Å². The molecule has 0 fully saturated rings. The maximum atomic E-state index is 12.0. The van der Waals surface area contributed by atoms with Crippen molar-refractivity contribution in [2.75, 3.05) is 7.11 Å². The number of hydrogen-bond donors (Lipinski definition) is 1. The molecule has 19 heavy (non-hydrogen) atoms. The van der Waals surface area contributed by atoms with Crippen molar-refractivity contribution >= 4 is 11.8 Å². The standard InChI is InChI=1S/C14H14N2O2S/c1-18-6-9-4-2-3-5-10(9)13-15-12-8-19-7-11(12)14(17)16-13/h2-5H,6-8H2,1H3,(H,15,16,17). The second-order valence-corrected chi connectivity index (χ2v) is 5.41. The van der Waals surface area contributed by atoms with Crippen LogP contribution in [-0.2, 0) is 22.8 Å². The summed E-state index contributed by atoms with van der Waals surface area (Å²) < 4.78 is 5.19. The Hall–Kier alpha value is -1.59. The zero-order valence-corrected chi connectivity index (χ0v) is 11.4. The molecule has 1 aliphatic rings. The van der Waals surface area contributed by atoms with E-state index in [9.17, 15) is 4.79 Å². The van der Waals surface area contributed by atoms with Crippen LogP contribution in [0.25, 0.3) is 11.4 Å². The normalized spacial score (nSPS) is 13.5. The first-order valence-corrected chi connectivity index (χ1v) is 7.22. The van der Waals surface area contributed by atoms with E-state index in [0.29, 0.717) is 12.4 Å². The van der Waals surface area contributed by atoms with Crippen LogP contribution in [0.15, 0.2) is 29.1 Å². The van der Waals surface area contributed by atoms with E-state index < -0.39 is 0 Å². The van der Waals surface area contributed by atoms with E-state index in [0.717, 1.165) is 33.9 Å². The minimum atomic E-state index is -0.0165. The molecular weight excluding hydrogens is 260 g/mol. The molecule has 2 aromatic rings. The van der Waals surface area contributed by atoms with Crippen LogP contribution in [0, 0.1) is 0 Å². The fraction of sp³-hybridized carbons (Fsp3) is 0.286. The van der Waals surface area contributed by atoms with Gasteiger partial charge in [0.25, 0.3) is 5.56 Å². The van der Waals surface area contributed by atoms with E-state index in [1.165, 1.54) is 0 Å². The van der Waals surface area contributed by atoms with Gasteiger partial charge < -0.3 is 9.72 Å². The SMILES string of the molecule is COCc1ccccc1-c1nc2c(c(=O)[nH]1)CSC2. The zero-order chi connectivity index (χ0) is 13.2. The molecule has 4 nitrogen and oxygen atoms in total. The molecule has 0 saturated heterocycles. The first-order valence-electron chi connectivity index (χ1n) is 6.06. The smallest absolute Gasteiger partial charge is 0.255 e. The quantitative estimate of drug-likeness (QED) is 0.933. The highest BCUT2D eigenvalue weighted by atomic mass is 32.2. The fourth-order valence-corrected chi connectivity index (χ4v) is 3.26. The van der Waals surface area contributed by atoms with Crippen LogP contribution in [0.1, 0.15) is 16.8 Å². The number of nitrogens with zero attached hydrogens (tertiary/aromatic N) is 1. The molecule has 3 rings (SSSR count). The molecule has 0 amide bonds. The van der Waals surface area contributed by atoms with Crippen molar-refractivity contribution in [3.05, 3.63) is 51.4 Å². The Morgan fingerprint density at radius 1 is 1.37 bits per heavy atom. The molecule has 1 N–H and O–H groups in total. The number of aromatic amines is 1. The number of hydrogen-bond acceptors (Lipinski definition) is 4. The third-order valence-corrected chi connectivity index (χ3v) is 4.13. The van der Waals surface area contributed by atoms with E-state index in [4.69, 9.17) is 4.74 Å². The summed E-state index contributed by atoms with van der Waals surface area (Å²) in [5.74, 6) is 2.22. The van der Waals surface area contributed by atoms with Crippen LogP contribution in [0.5, 0.6) is 0 Å². The highest BCUT2D eigenvalue weighted by Crippen LogP contribution is 2.28. The maximum absolute atomic E-state index is 12.0. The van der Waals surface area contributed by atoms with Crippen molar-refractivity contribution in [1.82, 2.24) is 9.97 Å². The van der Waals surface area contributed by atoms with Gasteiger partial charge in [-0.2, -0.15) is 11.8 Å². The van der Waals surface area contributed by atoms with Crippen molar-refractivity contribution < 1.29 is 4.74 Å². The zero-order valence-electron chi connectivity index (χ0n) is 10.6. The average molecular weight is 274 g/mol. The molecule has 0 saturated carbocycles. The van der Waals surface area contributed by atoms with Gasteiger partial charge in [0.1, 0.15) is 5.82 Å². The molecule has 2 heterocycles. The molecule has 0 unspecified atom stereocenters. The van der Waals surface area contributed by atoms with Gasteiger partial charge in [0.05, 0.1) is 12.3 Å². The number of rotatable bonds is 3. The molecule has 1 aliphatic heterocycles. The van der Waals surface area contributed by atoms with E-state index in [-0.39, 0.29) is 5.56 Å². The number of H-pyrrole nitrogens is 1. The Kier molecular flexibility index (Phi) is 3.40. The van der Waals surface area contributed by atoms with Crippen molar-refractivity contribution in [2.45, 2.75) is 18.1 Å². The van der Waals surface area contributed by atoms with Gasteiger partial charge in [-0.25, -0.2) is 4.98 Å². The number of ether oxygens (including phenoxy) is 1. The van der Waals surface area contributed by atoms with Gasteiger partial charge in [-0.1, -0.05) is 24.3 Å². The highest BCUT2D eigenvalue weighted by Gasteiger charge is 2.18. The van der Waals surface area contributed by atoms with Crippen molar-refractivity contribution in [2.24, 2.45) is 0 Å². The summed E-state index contributed by atoms with van der Waals surface area (Å²) in [6.45, 7) is 0.506. The number of fused-ring (bicyclic) bond motifs is 1. The van der Waals surface area contributed by atoms with Crippen LogP contribution in [0.3, 0.4) is 0 Å². The van der Waals surface area contributed by atoms with Gasteiger partial charge >= 0.3 is 0 Å². The van der Waals surface area contributed by atoms with Crippen molar-refractivity contribution in [1.29, 1.82) is 0 Å². The lowest BCUT2D eigenvalue weighted by atomic mass is 10.1. The summed E-state index contributed by atoms with van der Waals surface area (Å²) in [4.78, 5) is 19.5. The highest BCUT2D eigenvalue weighted by molar-refractivity contribution is 7.98. The predicted molar refractivity (Wildman–Crippen MR) is 76.0 cm³/mol. The first kappa shape index (κ1) is 12.4. The summed E-state index contributed by atoms with van der Waals surface area (Å²) in [6, 6.07) is 7.84. The van der Waals surface area contributed by atoms with Crippen LogP contribution >= 0.6 is 11.8 Å². The van der Waals surface area contributed by atoms with Gasteiger partial charge in [0.15, 0.2) is 0 Å². The summed E-state index contributed by atoms with van der Waals surface area (Å²) in [5, 5.41) is 0. The van der Waals surface area contributed by atoms with Gasteiger partial charge in [0, 0.05) is 29.7 Å². The van der Waals surface area contributed by atoms with Crippen LogP contribution < -0.4 is 5.56 Å². The Morgan fingerprint density at radius 2 is 2.21 bits per heavy atom. The van der Waals surface area contributed by atoms with E-state index in [1.54, 1.807) is 18.9 Å². The van der Waals surface area contributed by atoms with Crippen molar-refractivity contribution in [3.8, 4) is 11.4 Å². The minimum absolute atomic E-state index is 0.0165. The van der Waals surface area contributed by atoms with Gasteiger partial charge in [-0.3, -0.25) is 4.79 Å². The maximum Gasteiger partial charge on any atom is 0.255 e. The molecule has 98 valence electrons. The second-order valence-electron chi connectivity index (χ2n) is 4.42. The lowest BCUT2D eigenvalue weighted by molar-refractivity contribution is 0.185. The summed E-state index contributed by atoms with van der Waals surface area (Å²) in [5.41, 5.74) is 3.67. The largest absolute Gasteiger partial charge is 0.380 e. The van der Waals surface area contributed by atoms with Crippen LogP contribution in [-0.4, -0.2) is 17.1 Å². The molecule has 0 radical (unpaired) electrons. The third-order valence-electron chi connectivity index (χ3n) is 3.16. The van der Waals surface area contributed by atoms with Crippen LogP contribution in [0.2, 0.25) is 0 Å². The molecule has 0 atom stereocenters. The molecule has 1 aromatic carbocycles. The van der Waals surface area contributed by atoms with E-state index in [1.807, 2.05) is 24.3 Å². The number of thioether (sulfide) groups is 1. The van der Waals surface area contributed by atoms with Crippen LogP contribution in [0.4, 0.5) is 0 Å². The molecule has 0 spiro atoms. The minimum Gasteiger partial charge on any atom is -0.380 e.